The van der Waals surface area contributed by atoms with Crippen molar-refractivity contribution in [3.8, 4) is 0 Å². The van der Waals surface area contributed by atoms with Crippen molar-refractivity contribution in [2.24, 2.45) is 0 Å². The predicted molar refractivity (Wildman–Crippen MR) is 80.8 cm³/mol. The summed E-state index contributed by atoms with van der Waals surface area (Å²) in [5, 5.41) is 6.91. The van der Waals surface area contributed by atoms with E-state index in [2.05, 4.69) is 15.5 Å². The SMILES string of the molecule is CNC(=O)N1CC2(CCCCC2)NC2(CCCCC2)C1. The zero-order chi connectivity index (χ0) is 14.1. The first-order valence-corrected chi connectivity index (χ1v) is 8.43. The molecule has 2 aliphatic carbocycles. The molecule has 0 aromatic carbocycles. The molecular formula is C16H29N3O. The summed E-state index contributed by atoms with van der Waals surface area (Å²) < 4.78 is 0. The number of urea groups is 1. The third kappa shape index (κ3) is 2.67. The van der Waals surface area contributed by atoms with Crippen LogP contribution in [0.25, 0.3) is 0 Å². The van der Waals surface area contributed by atoms with Crippen molar-refractivity contribution in [2.45, 2.75) is 75.3 Å². The maximum absolute atomic E-state index is 12.2. The van der Waals surface area contributed by atoms with Gasteiger partial charge in [0.1, 0.15) is 0 Å². The van der Waals surface area contributed by atoms with Crippen LogP contribution in [0, 0.1) is 0 Å². The van der Waals surface area contributed by atoms with Crippen LogP contribution in [0.5, 0.6) is 0 Å². The quantitative estimate of drug-likeness (QED) is 0.716. The molecule has 0 atom stereocenters. The van der Waals surface area contributed by atoms with Crippen LogP contribution in [0.15, 0.2) is 0 Å². The Balaban J connectivity index is 1.82. The first kappa shape index (κ1) is 14.2. The molecule has 0 aromatic heterocycles. The highest BCUT2D eigenvalue weighted by molar-refractivity contribution is 5.74. The maximum Gasteiger partial charge on any atom is 0.317 e. The summed E-state index contributed by atoms with van der Waals surface area (Å²) in [5.74, 6) is 0. The minimum atomic E-state index is 0.112. The number of hydrogen-bond acceptors (Lipinski definition) is 2. The summed E-state index contributed by atoms with van der Waals surface area (Å²) in [5.41, 5.74) is 0.390. The molecule has 114 valence electrons. The van der Waals surface area contributed by atoms with Crippen molar-refractivity contribution >= 4 is 6.03 Å². The molecule has 3 rings (SSSR count). The third-order valence-electron chi connectivity index (χ3n) is 5.64. The monoisotopic (exact) mass is 279 g/mol. The van der Waals surface area contributed by atoms with Crippen molar-refractivity contribution in [3.05, 3.63) is 0 Å². The Bertz CT molecular complexity index is 331. The van der Waals surface area contributed by atoms with Gasteiger partial charge in [0.2, 0.25) is 0 Å². The van der Waals surface area contributed by atoms with Crippen molar-refractivity contribution in [1.29, 1.82) is 0 Å². The average molecular weight is 279 g/mol. The zero-order valence-corrected chi connectivity index (χ0v) is 12.8. The van der Waals surface area contributed by atoms with E-state index in [1.54, 1.807) is 7.05 Å². The van der Waals surface area contributed by atoms with E-state index < -0.39 is 0 Å². The molecule has 4 heteroatoms. The lowest BCUT2D eigenvalue weighted by Crippen LogP contribution is -2.73. The third-order valence-corrected chi connectivity index (χ3v) is 5.64. The number of carbonyl (C=O) groups excluding carboxylic acids is 1. The van der Waals surface area contributed by atoms with Gasteiger partial charge in [0.15, 0.2) is 0 Å². The second-order valence-corrected chi connectivity index (χ2v) is 7.22. The van der Waals surface area contributed by atoms with Gasteiger partial charge in [-0.2, -0.15) is 0 Å². The predicted octanol–water partition coefficient (Wildman–Crippen LogP) is 2.64. The van der Waals surface area contributed by atoms with E-state index in [1.807, 2.05) is 0 Å². The first-order chi connectivity index (χ1) is 9.67. The summed E-state index contributed by atoms with van der Waals surface area (Å²) in [6.45, 7) is 1.79. The van der Waals surface area contributed by atoms with Gasteiger partial charge in [0, 0.05) is 31.2 Å². The van der Waals surface area contributed by atoms with Crippen LogP contribution in [-0.4, -0.2) is 42.1 Å². The maximum atomic E-state index is 12.2. The topological polar surface area (TPSA) is 44.4 Å². The standard InChI is InChI=1S/C16H29N3O/c1-17-14(20)19-12-15(8-4-2-5-9-15)18-16(13-19)10-6-3-7-11-16/h18H,2-13H2,1H3,(H,17,20). The van der Waals surface area contributed by atoms with E-state index in [0.717, 1.165) is 13.1 Å². The highest BCUT2D eigenvalue weighted by Gasteiger charge is 2.48. The normalized spacial score (nSPS) is 28.6. The second-order valence-electron chi connectivity index (χ2n) is 7.22. The minimum Gasteiger partial charge on any atom is -0.341 e. The highest BCUT2D eigenvalue weighted by Crippen LogP contribution is 2.39. The Labute approximate surface area is 122 Å². The average Bonchev–Trinajstić information content (AvgIpc) is 2.47. The van der Waals surface area contributed by atoms with Gasteiger partial charge in [-0.15, -0.1) is 0 Å². The summed E-state index contributed by atoms with van der Waals surface area (Å²) in [4.78, 5) is 14.3. The number of amides is 2. The van der Waals surface area contributed by atoms with E-state index in [4.69, 9.17) is 0 Å². The van der Waals surface area contributed by atoms with Crippen LogP contribution in [0.3, 0.4) is 0 Å². The number of rotatable bonds is 0. The second kappa shape index (κ2) is 5.55. The summed E-state index contributed by atoms with van der Waals surface area (Å²) in [6, 6.07) is 0.112. The van der Waals surface area contributed by atoms with E-state index >= 15 is 0 Å². The van der Waals surface area contributed by atoms with Crippen LogP contribution in [0.4, 0.5) is 4.79 Å². The molecule has 2 N–H and O–H groups in total. The molecule has 3 aliphatic rings. The number of nitrogens with one attached hydrogen (secondary N) is 2. The van der Waals surface area contributed by atoms with Crippen molar-refractivity contribution < 1.29 is 4.79 Å². The number of piperazine rings is 1. The molecule has 2 saturated carbocycles. The number of carbonyl (C=O) groups is 1. The Morgan fingerprint density at radius 1 is 0.900 bits per heavy atom. The molecule has 0 aromatic rings. The van der Waals surface area contributed by atoms with Crippen LogP contribution >= 0.6 is 0 Å². The van der Waals surface area contributed by atoms with Gasteiger partial charge in [0.25, 0.3) is 0 Å². The summed E-state index contributed by atoms with van der Waals surface area (Å²) in [6.07, 6.45) is 12.9. The van der Waals surface area contributed by atoms with Crippen molar-refractivity contribution in [1.82, 2.24) is 15.5 Å². The summed E-state index contributed by atoms with van der Waals surface area (Å²) in [7, 11) is 1.76. The lowest BCUT2D eigenvalue weighted by Gasteiger charge is -2.56. The Hall–Kier alpha value is -0.770. The van der Waals surface area contributed by atoms with Crippen LogP contribution < -0.4 is 10.6 Å². The Morgan fingerprint density at radius 3 is 1.75 bits per heavy atom. The molecule has 3 fully saturated rings. The van der Waals surface area contributed by atoms with Gasteiger partial charge < -0.3 is 15.5 Å². The molecule has 1 saturated heterocycles. The van der Waals surface area contributed by atoms with E-state index in [-0.39, 0.29) is 17.1 Å². The fourth-order valence-corrected chi connectivity index (χ4v) is 4.75. The van der Waals surface area contributed by atoms with Gasteiger partial charge in [-0.1, -0.05) is 38.5 Å². The largest absolute Gasteiger partial charge is 0.341 e. The molecule has 0 bridgehead atoms. The number of nitrogens with zero attached hydrogens (tertiary/aromatic N) is 1. The van der Waals surface area contributed by atoms with Gasteiger partial charge in [-0.05, 0) is 25.7 Å². The molecule has 2 amide bonds. The van der Waals surface area contributed by atoms with Crippen molar-refractivity contribution in [3.63, 3.8) is 0 Å². The fraction of sp³-hybridized carbons (Fsp3) is 0.938. The van der Waals surface area contributed by atoms with Gasteiger partial charge in [0.05, 0.1) is 0 Å². The van der Waals surface area contributed by atoms with Gasteiger partial charge >= 0.3 is 6.03 Å². The molecule has 2 spiro atoms. The minimum absolute atomic E-state index is 0.112. The van der Waals surface area contributed by atoms with Crippen LogP contribution in [0.1, 0.15) is 64.2 Å². The van der Waals surface area contributed by atoms with Gasteiger partial charge in [-0.25, -0.2) is 4.79 Å². The lowest BCUT2D eigenvalue weighted by atomic mass is 9.72. The Kier molecular flexibility index (Phi) is 3.93. The summed E-state index contributed by atoms with van der Waals surface area (Å²) >= 11 is 0. The van der Waals surface area contributed by atoms with E-state index in [0.29, 0.717) is 0 Å². The molecular weight excluding hydrogens is 250 g/mol. The number of hydrogen-bond donors (Lipinski definition) is 2. The highest BCUT2D eigenvalue weighted by atomic mass is 16.2. The van der Waals surface area contributed by atoms with Gasteiger partial charge in [-0.3, -0.25) is 0 Å². The molecule has 20 heavy (non-hydrogen) atoms. The van der Waals surface area contributed by atoms with E-state index in [1.165, 1.54) is 64.2 Å². The Morgan fingerprint density at radius 2 is 1.35 bits per heavy atom. The first-order valence-electron chi connectivity index (χ1n) is 8.43. The van der Waals surface area contributed by atoms with Crippen LogP contribution in [-0.2, 0) is 0 Å². The molecule has 1 heterocycles. The molecule has 0 unspecified atom stereocenters. The van der Waals surface area contributed by atoms with Crippen molar-refractivity contribution in [2.75, 3.05) is 20.1 Å². The molecule has 0 radical (unpaired) electrons. The molecule has 1 aliphatic heterocycles. The zero-order valence-electron chi connectivity index (χ0n) is 12.8. The van der Waals surface area contributed by atoms with E-state index in [9.17, 15) is 4.79 Å². The fourth-order valence-electron chi connectivity index (χ4n) is 4.75. The molecule has 4 nitrogen and oxygen atoms in total. The van der Waals surface area contributed by atoms with Crippen LogP contribution in [0.2, 0.25) is 0 Å². The lowest BCUT2D eigenvalue weighted by molar-refractivity contribution is 0.0228. The smallest absolute Gasteiger partial charge is 0.317 e.